The van der Waals surface area contributed by atoms with Gasteiger partial charge in [0.1, 0.15) is 11.9 Å². The summed E-state index contributed by atoms with van der Waals surface area (Å²) in [6.07, 6.45) is 7.22. The van der Waals surface area contributed by atoms with Crippen LogP contribution in [0.15, 0.2) is 36.8 Å². The van der Waals surface area contributed by atoms with E-state index in [1.165, 1.54) is 34.5 Å². The molecule has 3 heterocycles. The fourth-order valence-electron chi connectivity index (χ4n) is 3.15. The summed E-state index contributed by atoms with van der Waals surface area (Å²) in [7, 11) is 4.86. The summed E-state index contributed by atoms with van der Waals surface area (Å²) in [5.74, 6) is -2.14. The van der Waals surface area contributed by atoms with Crippen LogP contribution >= 0.6 is 0 Å². The molecule has 0 aliphatic carbocycles. The minimum atomic E-state index is -0.691. The molecule has 0 saturated heterocycles. The Hall–Kier alpha value is -4.68. The molecule has 0 aliphatic heterocycles. The Bertz CT molecular complexity index is 1300. The Morgan fingerprint density at radius 2 is 1.68 bits per heavy atom. The van der Waals surface area contributed by atoms with Crippen LogP contribution in [-0.2, 0) is 30.7 Å². The topological polar surface area (TPSA) is 155 Å². The Balaban J connectivity index is 1.70. The van der Waals surface area contributed by atoms with Crippen LogP contribution in [0.1, 0.15) is 33.7 Å². The molecule has 0 bridgehead atoms. The molecule has 0 spiro atoms. The molecule has 178 valence electrons. The Morgan fingerprint density at radius 1 is 1.03 bits per heavy atom. The standard InChI is InChI=1S/C21H23N7O6/c1-5-34-18(29)7-6-15-8-13(10-25(15)2)22-20(30)16-9-14(11-26(16)3)23-21(31)19-24-17(28(32)33)12-27(19)4/h6-12H,5H2,1-4H3,(H,22,30)(H,23,31). The Labute approximate surface area is 193 Å². The number of rotatable bonds is 8. The molecule has 34 heavy (non-hydrogen) atoms. The number of nitrogens with zero attached hydrogens (tertiary/aromatic N) is 5. The molecule has 0 aromatic carbocycles. The molecule has 0 atom stereocenters. The van der Waals surface area contributed by atoms with Crippen LogP contribution in [0, 0.1) is 10.1 Å². The van der Waals surface area contributed by atoms with Gasteiger partial charge in [-0.2, -0.15) is 0 Å². The number of hydrogen-bond acceptors (Lipinski definition) is 7. The predicted molar refractivity (Wildman–Crippen MR) is 122 cm³/mol. The lowest BCUT2D eigenvalue weighted by atomic mass is 10.3. The van der Waals surface area contributed by atoms with Crippen LogP contribution < -0.4 is 10.6 Å². The molecule has 0 radical (unpaired) electrons. The maximum Gasteiger partial charge on any atom is 0.382 e. The predicted octanol–water partition coefficient (Wildman–Crippen LogP) is 2.09. The van der Waals surface area contributed by atoms with Crippen molar-refractivity contribution in [1.82, 2.24) is 18.7 Å². The van der Waals surface area contributed by atoms with E-state index in [9.17, 15) is 24.5 Å². The molecule has 3 aromatic rings. The number of imidazole rings is 1. The van der Waals surface area contributed by atoms with Crippen LogP contribution in [0.25, 0.3) is 6.08 Å². The summed E-state index contributed by atoms with van der Waals surface area (Å²) in [4.78, 5) is 50.6. The van der Waals surface area contributed by atoms with Gasteiger partial charge in [-0.3, -0.25) is 9.59 Å². The molecule has 13 nitrogen and oxygen atoms in total. The molecule has 0 fully saturated rings. The van der Waals surface area contributed by atoms with Gasteiger partial charge in [-0.05, 0) is 35.0 Å². The van der Waals surface area contributed by atoms with Crippen molar-refractivity contribution in [3.8, 4) is 0 Å². The van der Waals surface area contributed by atoms with Crippen molar-refractivity contribution in [3.05, 3.63) is 64.1 Å². The normalized spacial score (nSPS) is 10.9. The molecular formula is C21H23N7O6. The maximum atomic E-state index is 12.8. The molecule has 13 heteroatoms. The number of anilines is 2. The zero-order valence-electron chi connectivity index (χ0n) is 18.9. The molecule has 3 aromatic heterocycles. The van der Waals surface area contributed by atoms with Gasteiger partial charge < -0.3 is 39.2 Å². The summed E-state index contributed by atoms with van der Waals surface area (Å²) in [5, 5.41) is 16.2. The van der Waals surface area contributed by atoms with Crippen molar-refractivity contribution in [2.75, 3.05) is 17.2 Å². The summed E-state index contributed by atoms with van der Waals surface area (Å²) < 4.78 is 9.35. The van der Waals surface area contributed by atoms with E-state index in [-0.39, 0.29) is 18.1 Å². The van der Waals surface area contributed by atoms with Crippen LogP contribution in [0.4, 0.5) is 17.2 Å². The minimum Gasteiger partial charge on any atom is -0.463 e. The van der Waals surface area contributed by atoms with Crippen molar-refractivity contribution in [1.29, 1.82) is 0 Å². The monoisotopic (exact) mass is 469 g/mol. The SMILES string of the molecule is CCOC(=O)C=Cc1cc(NC(=O)c2cc(NC(=O)c3nc([N+](=O)[O-])cn3C)cn2C)cn1C. The van der Waals surface area contributed by atoms with E-state index >= 15 is 0 Å². The number of hydrogen-bond donors (Lipinski definition) is 2. The van der Waals surface area contributed by atoms with Crippen LogP contribution in [0.2, 0.25) is 0 Å². The number of nitrogens with one attached hydrogen (secondary N) is 2. The number of aryl methyl sites for hydroxylation is 3. The van der Waals surface area contributed by atoms with Crippen molar-refractivity contribution >= 4 is 41.1 Å². The van der Waals surface area contributed by atoms with Gasteiger partial charge in [0.25, 0.3) is 5.91 Å². The van der Waals surface area contributed by atoms with Gasteiger partial charge in [0.15, 0.2) is 0 Å². The molecule has 0 unspecified atom stereocenters. The molecule has 0 saturated carbocycles. The smallest absolute Gasteiger partial charge is 0.382 e. The first-order valence-electron chi connectivity index (χ1n) is 10.1. The largest absolute Gasteiger partial charge is 0.463 e. The lowest BCUT2D eigenvalue weighted by molar-refractivity contribution is -0.389. The van der Waals surface area contributed by atoms with E-state index in [0.29, 0.717) is 17.1 Å². The van der Waals surface area contributed by atoms with Gasteiger partial charge in [0.05, 0.1) is 18.0 Å². The maximum absolute atomic E-state index is 12.8. The van der Waals surface area contributed by atoms with E-state index in [2.05, 4.69) is 15.6 Å². The molecule has 0 aliphatic rings. The summed E-state index contributed by atoms with van der Waals surface area (Å²) in [6, 6.07) is 3.16. The van der Waals surface area contributed by atoms with Gasteiger partial charge in [0.2, 0.25) is 0 Å². The summed E-state index contributed by atoms with van der Waals surface area (Å²) in [6.45, 7) is 1.99. The zero-order valence-corrected chi connectivity index (χ0v) is 18.9. The van der Waals surface area contributed by atoms with Crippen molar-refractivity contribution in [3.63, 3.8) is 0 Å². The first-order valence-corrected chi connectivity index (χ1v) is 10.1. The van der Waals surface area contributed by atoms with Crippen molar-refractivity contribution in [2.45, 2.75) is 6.92 Å². The lowest BCUT2D eigenvalue weighted by Gasteiger charge is -2.03. The van der Waals surface area contributed by atoms with E-state index in [0.717, 1.165) is 6.20 Å². The Morgan fingerprint density at radius 3 is 2.32 bits per heavy atom. The first kappa shape index (κ1) is 24.0. The molecule has 3 rings (SSSR count). The molecule has 2 N–H and O–H groups in total. The van der Waals surface area contributed by atoms with Crippen molar-refractivity contribution in [2.24, 2.45) is 21.1 Å². The van der Waals surface area contributed by atoms with E-state index < -0.39 is 28.5 Å². The van der Waals surface area contributed by atoms with Gasteiger partial charge in [-0.25, -0.2) is 4.79 Å². The van der Waals surface area contributed by atoms with E-state index in [1.54, 1.807) is 43.9 Å². The summed E-state index contributed by atoms with van der Waals surface area (Å²) in [5.41, 5.74) is 1.75. The second-order valence-corrected chi connectivity index (χ2v) is 7.27. The second kappa shape index (κ2) is 9.85. The van der Waals surface area contributed by atoms with E-state index in [4.69, 9.17) is 4.74 Å². The van der Waals surface area contributed by atoms with Gasteiger partial charge in [-0.15, -0.1) is 0 Å². The number of ether oxygens (including phenoxy) is 1. The van der Waals surface area contributed by atoms with E-state index in [1.807, 2.05) is 0 Å². The van der Waals surface area contributed by atoms with Crippen LogP contribution in [0.5, 0.6) is 0 Å². The highest BCUT2D eigenvalue weighted by Gasteiger charge is 2.24. The number of aromatic nitrogens is 4. The minimum absolute atomic E-state index is 0.144. The van der Waals surface area contributed by atoms with Crippen LogP contribution in [-0.4, -0.2) is 48.0 Å². The second-order valence-electron chi connectivity index (χ2n) is 7.27. The fourth-order valence-corrected chi connectivity index (χ4v) is 3.15. The highest BCUT2D eigenvalue weighted by atomic mass is 16.6. The quantitative estimate of drug-likeness (QED) is 0.221. The zero-order chi connectivity index (χ0) is 25.0. The molecular weight excluding hydrogens is 446 g/mol. The lowest BCUT2D eigenvalue weighted by Crippen LogP contribution is -2.16. The Kier molecular flexibility index (Phi) is 6.95. The number of carbonyl (C=O) groups is 3. The average Bonchev–Trinajstić information content (AvgIpc) is 3.43. The summed E-state index contributed by atoms with van der Waals surface area (Å²) >= 11 is 0. The fraction of sp³-hybridized carbons (Fsp3) is 0.238. The number of nitro groups is 1. The average molecular weight is 469 g/mol. The van der Waals surface area contributed by atoms with Gasteiger partial charge >= 0.3 is 23.5 Å². The first-order chi connectivity index (χ1) is 16.1. The number of carbonyl (C=O) groups excluding carboxylic acids is 3. The third-order valence-electron chi connectivity index (χ3n) is 4.73. The van der Waals surface area contributed by atoms with Crippen molar-refractivity contribution < 1.29 is 24.0 Å². The highest BCUT2D eigenvalue weighted by molar-refractivity contribution is 6.06. The highest BCUT2D eigenvalue weighted by Crippen LogP contribution is 2.19. The van der Waals surface area contributed by atoms with Gasteiger partial charge in [0, 0.05) is 45.3 Å². The van der Waals surface area contributed by atoms with Gasteiger partial charge in [-0.1, -0.05) is 0 Å². The number of amides is 2. The van der Waals surface area contributed by atoms with Crippen LogP contribution in [0.3, 0.4) is 0 Å². The number of esters is 1. The molecule has 2 amide bonds. The third kappa shape index (κ3) is 5.38. The third-order valence-corrected chi connectivity index (χ3v) is 4.73.